The second kappa shape index (κ2) is 7.55. The number of halogens is 1. The number of nitro benzene ring substituents is 1. The predicted octanol–water partition coefficient (Wildman–Crippen LogP) is 3.46. The molecule has 0 radical (unpaired) electrons. The Labute approximate surface area is 176 Å². The van der Waals surface area contributed by atoms with Crippen LogP contribution in [0, 0.1) is 10.1 Å². The Balaban J connectivity index is 1.92. The van der Waals surface area contributed by atoms with E-state index in [-0.39, 0.29) is 39.3 Å². The van der Waals surface area contributed by atoms with Gasteiger partial charge in [0.2, 0.25) is 5.76 Å². The van der Waals surface area contributed by atoms with Crippen molar-refractivity contribution in [3.63, 3.8) is 0 Å². The van der Waals surface area contributed by atoms with E-state index in [1.807, 2.05) is 19.0 Å². The number of benzene rings is 2. The lowest BCUT2D eigenvalue weighted by atomic mass is 9.98. The van der Waals surface area contributed by atoms with Crippen molar-refractivity contribution in [2.45, 2.75) is 6.04 Å². The van der Waals surface area contributed by atoms with Gasteiger partial charge in [-0.15, -0.1) is 0 Å². The smallest absolute Gasteiger partial charge is 0.290 e. The number of hydrogen-bond acceptors (Lipinski definition) is 6. The molecular weight excluding hydrogens is 410 g/mol. The van der Waals surface area contributed by atoms with E-state index >= 15 is 0 Å². The molecule has 3 aromatic rings. The van der Waals surface area contributed by atoms with Crippen molar-refractivity contribution in [1.29, 1.82) is 0 Å². The van der Waals surface area contributed by atoms with Gasteiger partial charge in [0.1, 0.15) is 5.58 Å². The van der Waals surface area contributed by atoms with E-state index in [1.165, 1.54) is 18.2 Å². The summed E-state index contributed by atoms with van der Waals surface area (Å²) in [5.74, 6) is -0.388. The van der Waals surface area contributed by atoms with Crippen LogP contribution in [0.25, 0.3) is 11.0 Å². The van der Waals surface area contributed by atoms with Crippen molar-refractivity contribution in [3.8, 4) is 0 Å². The van der Waals surface area contributed by atoms with Crippen LogP contribution in [-0.2, 0) is 0 Å². The van der Waals surface area contributed by atoms with Crippen LogP contribution < -0.4 is 5.43 Å². The lowest BCUT2D eigenvalue weighted by Gasteiger charge is -2.26. The topological polar surface area (TPSA) is 96.9 Å². The third-order valence-electron chi connectivity index (χ3n) is 5.14. The Morgan fingerprint density at radius 3 is 2.50 bits per heavy atom. The molecule has 2 heterocycles. The molecule has 2 aromatic carbocycles. The number of carbonyl (C=O) groups is 1. The Morgan fingerprint density at radius 2 is 1.87 bits per heavy atom. The molecule has 0 bridgehead atoms. The third-order valence-corrected chi connectivity index (χ3v) is 5.37. The molecule has 0 aliphatic carbocycles. The first-order chi connectivity index (χ1) is 14.3. The van der Waals surface area contributed by atoms with E-state index in [9.17, 15) is 19.7 Å². The highest BCUT2D eigenvalue weighted by Gasteiger charge is 2.42. The number of carbonyl (C=O) groups excluding carboxylic acids is 1. The Bertz CT molecular complexity index is 1220. The summed E-state index contributed by atoms with van der Waals surface area (Å²) in [7, 11) is 3.77. The summed E-state index contributed by atoms with van der Waals surface area (Å²) >= 11 is 6.06. The number of nitrogens with zero attached hydrogens (tertiary/aromatic N) is 3. The molecular formula is C21H18ClN3O5. The molecule has 1 amide bonds. The SMILES string of the molecule is CN(C)CCN1C(=O)c2oc3ccc(Cl)cc3c(=O)c2[C@H]1c1ccc([N+](=O)[O-])cc1. The number of nitro groups is 1. The highest BCUT2D eigenvalue weighted by Crippen LogP contribution is 2.38. The van der Waals surface area contributed by atoms with Crippen LogP contribution in [0.5, 0.6) is 0 Å². The van der Waals surface area contributed by atoms with Crippen LogP contribution in [0.15, 0.2) is 51.7 Å². The third kappa shape index (κ3) is 3.34. The van der Waals surface area contributed by atoms with Crippen LogP contribution in [0.4, 0.5) is 5.69 Å². The fourth-order valence-electron chi connectivity index (χ4n) is 3.66. The number of amides is 1. The summed E-state index contributed by atoms with van der Waals surface area (Å²) in [6, 6.07) is 9.83. The average molecular weight is 428 g/mol. The fourth-order valence-corrected chi connectivity index (χ4v) is 3.83. The van der Waals surface area contributed by atoms with Crippen molar-refractivity contribution in [3.05, 3.63) is 84.7 Å². The summed E-state index contributed by atoms with van der Waals surface area (Å²) in [5, 5.41) is 11.7. The fraction of sp³-hybridized carbons (Fsp3) is 0.238. The van der Waals surface area contributed by atoms with Crippen molar-refractivity contribution < 1.29 is 14.1 Å². The zero-order valence-corrected chi connectivity index (χ0v) is 17.0. The Kier molecular flexibility index (Phi) is 5.05. The van der Waals surface area contributed by atoms with Crippen LogP contribution in [0.1, 0.15) is 27.7 Å². The van der Waals surface area contributed by atoms with Gasteiger partial charge in [0.15, 0.2) is 5.43 Å². The molecule has 0 N–H and O–H groups in total. The Morgan fingerprint density at radius 1 is 1.17 bits per heavy atom. The van der Waals surface area contributed by atoms with Gasteiger partial charge in [-0.2, -0.15) is 0 Å². The molecule has 8 nitrogen and oxygen atoms in total. The maximum absolute atomic E-state index is 13.3. The quantitative estimate of drug-likeness (QED) is 0.457. The van der Waals surface area contributed by atoms with Crippen molar-refractivity contribution in [1.82, 2.24) is 9.80 Å². The second-order valence-corrected chi connectivity index (χ2v) is 7.80. The highest BCUT2D eigenvalue weighted by atomic mass is 35.5. The monoisotopic (exact) mass is 427 g/mol. The Hall–Kier alpha value is -3.23. The van der Waals surface area contributed by atoms with Crippen LogP contribution in [0.2, 0.25) is 5.02 Å². The van der Waals surface area contributed by atoms with Gasteiger partial charge in [-0.1, -0.05) is 11.6 Å². The predicted molar refractivity (Wildman–Crippen MR) is 112 cm³/mol. The van der Waals surface area contributed by atoms with Gasteiger partial charge in [0.05, 0.1) is 21.9 Å². The summed E-state index contributed by atoms with van der Waals surface area (Å²) in [5.41, 5.74) is 0.703. The van der Waals surface area contributed by atoms with Gasteiger partial charge in [-0.3, -0.25) is 19.7 Å². The van der Waals surface area contributed by atoms with Crippen molar-refractivity contribution >= 4 is 34.2 Å². The van der Waals surface area contributed by atoms with Crippen LogP contribution in [-0.4, -0.2) is 47.8 Å². The number of fused-ring (bicyclic) bond motifs is 2. The highest BCUT2D eigenvalue weighted by molar-refractivity contribution is 6.31. The van der Waals surface area contributed by atoms with Gasteiger partial charge in [0, 0.05) is 30.2 Å². The lowest BCUT2D eigenvalue weighted by molar-refractivity contribution is -0.384. The lowest BCUT2D eigenvalue weighted by Crippen LogP contribution is -2.35. The van der Waals surface area contributed by atoms with Gasteiger partial charge >= 0.3 is 0 Å². The molecule has 9 heteroatoms. The number of hydrogen-bond donors (Lipinski definition) is 0. The minimum Gasteiger partial charge on any atom is -0.450 e. The van der Waals surface area contributed by atoms with Gasteiger partial charge in [0.25, 0.3) is 11.6 Å². The summed E-state index contributed by atoms with van der Waals surface area (Å²) in [6.07, 6.45) is 0. The molecule has 0 fully saturated rings. The molecule has 30 heavy (non-hydrogen) atoms. The summed E-state index contributed by atoms with van der Waals surface area (Å²) in [4.78, 5) is 40.5. The molecule has 4 rings (SSSR count). The molecule has 0 spiro atoms. The van der Waals surface area contributed by atoms with E-state index in [0.717, 1.165) is 0 Å². The van der Waals surface area contributed by atoms with Crippen molar-refractivity contribution in [2.24, 2.45) is 0 Å². The molecule has 1 aromatic heterocycles. The first-order valence-corrected chi connectivity index (χ1v) is 9.62. The molecule has 1 atom stereocenters. The van der Waals surface area contributed by atoms with Crippen molar-refractivity contribution in [2.75, 3.05) is 27.2 Å². The average Bonchev–Trinajstić information content (AvgIpc) is 2.99. The molecule has 0 unspecified atom stereocenters. The van der Waals surface area contributed by atoms with E-state index in [4.69, 9.17) is 16.0 Å². The summed E-state index contributed by atoms with van der Waals surface area (Å²) < 4.78 is 5.83. The minimum absolute atomic E-state index is 0.00284. The van der Waals surface area contributed by atoms with E-state index in [2.05, 4.69) is 0 Å². The molecule has 1 aliphatic rings. The van der Waals surface area contributed by atoms with Gasteiger partial charge < -0.3 is 14.2 Å². The summed E-state index contributed by atoms with van der Waals surface area (Å²) in [6.45, 7) is 0.928. The maximum Gasteiger partial charge on any atom is 0.290 e. The van der Waals surface area contributed by atoms with E-state index in [0.29, 0.717) is 23.7 Å². The van der Waals surface area contributed by atoms with Crippen LogP contribution in [0.3, 0.4) is 0 Å². The molecule has 1 aliphatic heterocycles. The second-order valence-electron chi connectivity index (χ2n) is 7.37. The minimum atomic E-state index is -0.701. The first kappa shape index (κ1) is 20.1. The standard InChI is InChI=1S/C21H18ClN3O5/c1-23(2)9-10-24-18(12-3-6-14(7-4-12)25(28)29)17-19(26)15-11-13(22)5-8-16(15)30-20(17)21(24)27/h3-8,11,18H,9-10H2,1-2H3/t18-/m1/s1. The van der Waals surface area contributed by atoms with Gasteiger partial charge in [-0.05, 0) is 50.0 Å². The number of non-ortho nitro benzene ring substituents is 1. The normalized spacial score (nSPS) is 15.8. The largest absolute Gasteiger partial charge is 0.450 e. The maximum atomic E-state index is 13.3. The van der Waals surface area contributed by atoms with E-state index in [1.54, 1.807) is 29.2 Å². The van der Waals surface area contributed by atoms with E-state index < -0.39 is 11.0 Å². The number of rotatable bonds is 5. The first-order valence-electron chi connectivity index (χ1n) is 9.24. The molecule has 0 saturated heterocycles. The zero-order chi connectivity index (χ0) is 21.6. The molecule has 0 saturated carbocycles. The molecule has 154 valence electrons. The zero-order valence-electron chi connectivity index (χ0n) is 16.3. The van der Waals surface area contributed by atoms with Crippen LogP contribution >= 0.6 is 11.6 Å². The van der Waals surface area contributed by atoms with Gasteiger partial charge in [-0.25, -0.2) is 0 Å². The number of likely N-dealkylation sites (N-methyl/N-ethyl adjacent to an activating group) is 1.